The maximum absolute atomic E-state index is 11.9. The Morgan fingerprint density at radius 1 is 1.32 bits per heavy atom. The lowest BCUT2D eigenvalue weighted by Crippen LogP contribution is -2.43. The van der Waals surface area contributed by atoms with Gasteiger partial charge in [-0.25, -0.2) is 4.99 Å². The number of carbonyl (C=O) groups is 1. The fraction of sp³-hybridized carbons (Fsp3) is 0.600. The van der Waals surface area contributed by atoms with Crippen molar-refractivity contribution in [2.24, 2.45) is 10.9 Å². The minimum Gasteiger partial charge on any atom is -0.493 e. The molecule has 1 amide bonds. The molecule has 0 atom stereocenters. The number of ether oxygens (including phenoxy) is 1. The third kappa shape index (κ3) is 9.36. The van der Waals surface area contributed by atoms with E-state index in [1.807, 2.05) is 0 Å². The number of nitrogens with zero attached hydrogens (tertiary/aromatic N) is 2. The van der Waals surface area contributed by atoms with E-state index in [1.165, 1.54) is 18.4 Å². The highest BCUT2D eigenvalue weighted by Crippen LogP contribution is 2.30. The SMILES string of the molecule is CSCCNC(=NCc1ccc(C)cc1OCC1CC1)NCC(=O)N(C)C.I. The lowest BCUT2D eigenvalue weighted by Gasteiger charge is -2.15. The number of aliphatic imine (C=N–C) groups is 1. The number of likely N-dealkylation sites (N-methyl/N-ethyl adjacent to an activating group) is 1. The third-order valence-corrected chi connectivity index (χ3v) is 4.92. The van der Waals surface area contributed by atoms with Gasteiger partial charge in [-0.2, -0.15) is 11.8 Å². The van der Waals surface area contributed by atoms with E-state index < -0.39 is 0 Å². The number of hydrogen-bond acceptors (Lipinski definition) is 4. The summed E-state index contributed by atoms with van der Waals surface area (Å²) in [7, 11) is 3.50. The van der Waals surface area contributed by atoms with Gasteiger partial charge >= 0.3 is 0 Å². The van der Waals surface area contributed by atoms with Gasteiger partial charge in [-0.15, -0.1) is 24.0 Å². The average Bonchev–Trinajstić information content (AvgIpc) is 3.47. The van der Waals surface area contributed by atoms with Crippen LogP contribution >= 0.6 is 35.7 Å². The number of rotatable bonds is 10. The Labute approximate surface area is 190 Å². The van der Waals surface area contributed by atoms with Gasteiger partial charge in [0.25, 0.3) is 0 Å². The molecule has 0 aliphatic heterocycles. The molecule has 2 rings (SSSR count). The molecule has 1 aliphatic carbocycles. The van der Waals surface area contributed by atoms with Crippen LogP contribution in [0.15, 0.2) is 23.2 Å². The van der Waals surface area contributed by atoms with Crippen LogP contribution in [-0.4, -0.2) is 62.6 Å². The summed E-state index contributed by atoms with van der Waals surface area (Å²) in [5, 5.41) is 6.40. The quantitative estimate of drug-likeness (QED) is 0.215. The molecule has 0 bridgehead atoms. The predicted molar refractivity (Wildman–Crippen MR) is 129 cm³/mol. The molecule has 2 N–H and O–H groups in total. The normalized spacial score (nSPS) is 13.5. The van der Waals surface area contributed by atoms with Gasteiger partial charge in [0.1, 0.15) is 5.75 Å². The molecule has 1 aromatic rings. The van der Waals surface area contributed by atoms with Gasteiger partial charge in [-0.3, -0.25) is 4.79 Å². The average molecular weight is 520 g/mol. The summed E-state index contributed by atoms with van der Waals surface area (Å²) in [4.78, 5) is 18.1. The maximum atomic E-state index is 11.9. The maximum Gasteiger partial charge on any atom is 0.241 e. The van der Waals surface area contributed by atoms with Gasteiger partial charge in [0.15, 0.2) is 5.96 Å². The minimum absolute atomic E-state index is 0. The Morgan fingerprint density at radius 2 is 2.07 bits per heavy atom. The van der Waals surface area contributed by atoms with Crippen LogP contribution in [0.3, 0.4) is 0 Å². The number of guanidine groups is 1. The highest BCUT2D eigenvalue weighted by Gasteiger charge is 2.22. The number of nitrogens with one attached hydrogen (secondary N) is 2. The third-order valence-electron chi connectivity index (χ3n) is 4.31. The molecule has 0 spiro atoms. The number of halogens is 1. The van der Waals surface area contributed by atoms with Crippen molar-refractivity contribution in [3.8, 4) is 5.75 Å². The Kier molecular flexibility index (Phi) is 11.7. The molecule has 1 saturated carbocycles. The van der Waals surface area contributed by atoms with Gasteiger partial charge in [0.2, 0.25) is 5.91 Å². The predicted octanol–water partition coefficient (Wildman–Crippen LogP) is 2.89. The molecule has 0 saturated heterocycles. The summed E-state index contributed by atoms with van der Waals surface area (Å²) < 4.78 is 6.03. The van der Waals surface area contributed by atoms with E-state index in [-0.39, 0.29) is 36.4 Å². The van der Waals surface area contributed by atoms with Crippen molar-refractivity contribution in [3.05, 3.63) is 29.3 Å². The van der Waals surface area contributed by atoms with Crippen LogP contribution in [0, 0.1) is 12.8 Å². The minimum atomic E-state index is 0. The number of thioether (sulfide) groups is 1. The van der Waals surface area contributed by atoms with E-state index in [4.69, 9.17) is 4.74 Å². The Balaban J connectivity index is 0.00000392. The van der Waals surface area contributed by atoms with Crippen LogP contribution in [-0.2, 0) is 11.3 Å². The van der Waals surface area contributed by atoms with E-state index in [0.717, 1.165) is 30.2 Å². The van der Waals surface area contributed by atoms with Crippen molar-refractivity contribution < 1.29 is 9.53 Å². The fourth-order valence-electron chi connectivity index (χ4n) is 2.35. The van der Waals surface area contributed by atoms with Crippen LogP contribution in [0.2, 0.25) is 0 Å². The Morgan fingerprint density at radius 3 is 2.71 bits per heavy atom. The fourth-order valence-corrected chi connectivity index (χ4v) is 2.65. The van der Waals surface area contributed by atoms with E-state index in [9.17, 15) is 4.79 Å². The molecule has 8 heteroatoms. The molecule has 0 radical (unpaired) electrons. The van der Waals surface area contributed by atoms with E-state index in [0.29, 0.717) is 18.4 Å². The second kappa shape index (κ2) is 13.1. The van der Waals surface area contributed by atoms with Crippen molar-refractivity contribution in [3.63, 3.8) is 0 Å². The van der Waals surface area contributed by atoms with Crippen LogP contribution in [0.5, 0.6) is 5.75 Å². The summed E-state index contributed by atoms with van der Waals surface area (Å²) in [6.07, 6.45) is 4.61. The van der Waals surface area contributed by atoms with Crippen LogP contribution in [0.4, 0.5) is 0 Å². The van der Waals surface area contributed by atoms with E-state index >= 15 is 0 Å². The zero-order chi connectivity index (χ0) is 19.6. The van der Waals surface area contributed by atoms with Gasteiger partial charge < -0.3 is 20.3 Å². The highest BCUT2D eigenvalue weighted by atomic mass is 127. The molecule has 6 nitrogen and oxygen atoms in total. The first-order valence-corrected chi connectivity index (χ1v) is 10.8. The Hall–Kier alpha value is -1.16. The second-order valence-electron chi connectivity index (χ2n) is 7.09. The lowest BCUT2D eigenvalue weighted by atomic mass is 10.1. The second-order valence-corrected chi connectivity index (χ2v) is 8.08. The number of aryl methyl sites for hydroxylation is 1. The molecular formula is C20H33IN4O2S. The molecule has 0 aromatic heterocycles. The van der Waals surface area contributed by atoms with Crippen molar-refractivity contribution in [2.75, 3.05) is 45.8 Å². The van der Waals surface area contributed by atoms with Crippen molar-refractivity contribution in [1.82, 2.24) is 15.5 Å². The summed E-state index contributed by atoms with van der Waals surface area (Å²) in [6.45, 7) is 4.37. The van der Waals surface area contributed by atoms with Gasteiger partial charge in [0.05, 0.1) is 19.7 Å². The van der Waals surface area contributed by atoms with Gasteiger partial charge in [-0.05, 0) is 43.6 Å². The standard InChI is InChI=1S/C20H32N4O2S.HI/c1-15-5-8-17(18(11-15)26-14-16-6-7-16)12-22-20(21-9-10-27-4)23-13-19(25)24(2)3;/h5,8,11,16H,6-7,9-10,12-14H2,1-4H3,(H2,21,22,23);1H. The summed E-state index contributed by atoms with van der Waals surface area (Å²) in [5.41, 5.74) is 2.24. The van der Waals surface area contributed by atoms with E-state index in [1.54, 1.807) is 30.8 Å². The van der Waals surface area contributed by atoms with Crippen LogP contribution in [0.25, 0.3) is 0 Å². The largest absolute Gasteiger partial charge is 0.493 e. The van der Waals surface area contributed by atoms with Gasteiger partial charge in [-0.1, -0.05) is 12.1 Å². The molecule has 0 unspecified atom stereocenters. The zero-order valence-electron chi connectivity index (χ0n) is 17.3. The number of benzene rings is 1. The summed E-state index contributed by atoms with van der Waals surface area (Å²) >= 11 is 1.77. The topological polar surface area (TPSA) is 66.0 Å². The first-order chi connectivity index (χ1) is 13.0. The number of carbonyl (C=O) groups excluding carboxylic acids is 1. The van der Waals surface area contributed by atoms with Crippen molar-refractivity contribution >= 4 is 47.6 Å². The first-order valence-electron chi connectivity index (χ1n) is 9.43. The summed E-state index contributed by atoms with van der Waals surface area (Å²) in [5.74, 6) is 3.26. The summed E-state index contributed by atoms with van der Waals surface area (Å²) in [6, 6.07) is 6.24. The smallest absolute Gasteiger partial charge is 0.241 e. The molecule has 1 fully saturated rings. The number of amides is 1. The molecular weight excluding hydrogens is 487 g/mol. The first kappa shape index (κ1) is 24.9. The monoisotopic (exact) mass is 520 g/mol. The molecule has 1 aliphatic rings. The van der Waals surface area contributed by atoms with Crippen molar-refractivity contribution in [2.45, 2.75) is 26.3 Å². The van der Waals surface area contributed by atoms with Crippen LogP contribution in [0.1, 0.15) is 24.0 Å². The zero-order valence-corrected chi connectivity index (χ0v) is 20.4. The molecule has 0 heterocycles. The molecule has 1 aromatic carbocycles. The highest BCUT2D eigenvalue weighted by molar-refractivity contribution is 14.0. The number of hydrogen-bond donors (Lipinski definition) is 2. The van der Waals surface area contributed by atoms with Crippen LogP contribution < -0.4 is 15.4 Å². The lowest BCUT2D eigenvalue weighted by molar-refractivity contribution is -0.127. The van der Waals surface area contributed by atoms with Gasteiger partial charge in [0, 0.05) is 32.0 Å². The van der Waals surface area contributed by atoms with E-state index in [2.05, 4.69) is 47.0 Å². The molecule has 158 valence electrons. The molecule has 28 heavy (non-hydrogen) atoms. The Bertz CT molecular complexity index is 651. The van der Waals surface area contributed by atoms with Crippen molar-refractivity contribution in [1.29, 1.82) is 0 Å².